The summed E-state index contributed by atoms with van der Waals surface area (Å²) in [7, 11) is 0. The first-order chi connectivity index (χ1) is 14.2. The second-order valence-corrected chi connectivity index (χ2v) is 7.91. The first kappa shape index (κ1) is 18.5. The monoisotopic (exact) mass is 393 g/mol. The van der Waals surface area contributed by atoms with Crippen molar-refractivity contribution in [2.45, 2.75) is 31.9 Å². The molecule has 0 saturated carbocycles. The first-order valence-corrected chi connectivity index (χ1v) is 10.3. The molecule has 0 spiro atoms. The number of aromatic nitrogens is 2. The predicted molar refractivity (Wildman–Crippen MR) is 111 cm³/mol. The molecule has 5 rings (SSSR count). The molecule has 5 nitrogen and oxygen atoms in total. The Morgan fingerprint density at radius 1 is 1.10 bits per heavy atom. The minimum absolute atomic E-state index is 0.00904. The Bertz CT molecular complexity index is 1100. The van der Waals surface area contributed by atoms with Crippen LogP contribution in [0.5, 0.6) is 0 Å². The van der Waals surface area contributed by atoms with Gasteiger partial charge >= 0.3 is 0 Å². The Balaban J connectivity index is 1.46. The molecule has 3 aromatic rings. The van der Waals surface area contributed by atoms with Crippen LogP contribution in [0.15, 0.2) is 47.3 Å². The van der Waals surface area contributed by atoms with E-state index >= 15 is 0 Å². The van der Waals surface area contributed by atoms with Crippen LogP contribution in [0.25, 0.3) is 22.0 Å². The van der Waals surface area contributed by atoms with Crippen LogP contribution in [0.2, 0.25) is 0 Å². The summed E-state index contributed by atoms with van der Waals surface area (Å²) < 4.78 is 21.2. The highest BCUT2D eigenvalue weighted by atomic mass is 19.1. The van der Waals surface area contributed by atoms with Gasteiger partial charge in [0.15, 0.2) is 0 Å². The normalized spacial score (nSPS) is 20.0. The van der Waals surface area contributed by atoms with E-state index in [2.05, 4.69) is 4.90 Å². The van der Waals surface area contributed by atoms with Crippen molar-refractivity contribution < 1.29 is 9.13 Å². The Hall–Kier alpha value is -2.57. The van der Waals surface area contributed by atoms with Gasteiger partial charge in [-0.25, -0.2) is 9.37 Å². The topological polar surface area (TPSA) is 47.4 Å². The molecule has 0 aliphatic carbocycles. The summed E-state index contributed by atoms with van der Waals surface area (Å²) in [5.41, 5.74) is 2.33. The van der Waals surface area contributed by atoms with Crippen molar-refractivity contribution in [2.75, 3.05) is 26.2 Å². The third-order valence-electron chi connectivity index (χ3n) is 5.97. The number of hydrogen-bond donors (Lipinski definition) is 0. The number of hydrogen-bond acceptors (Lipinski definition) is 4. The van der Waals surface area contributed by atoms with E-state index in [1.807, 2.05) is 28.8 Å². The van der Waals surface area contributed by atoms with Crippen LogP contribution in [0.1, 0.15) is 18.7 Å². The molecular weight excluding hydrogens is 369 g/mol. The van der Waals surface area contributed by atoms with E-state index < -0.39 is 0 Å². The maximum Gasteiger partial charge on any atom is 0.261 e. The molecule has 2 aliphatic heterocycles. The lowest BCUT2D eigenvalue weighted by atomic mass is 10.0. The van der Waals surface area contributed by atoms with Crippen molar-refractivity contribution in [3.63, 3.8) is 0 Å². The van der Waals surface area contributed by atoms with E-state index in [-0.39, 0.29) is 11.4 Å². The quantitative estimate of drug-likeness (QED) is 0.686. The molecule has 1 fully saturated rings. The molecule has 1 saturated heterocycles. The van der Waals surface area contributed by atoms with Crippen LogP contribution in [0, 0.1) is 5.82 Å². The van der Waals surface area contributed by atoms with Crippen LogP contribution < -0.4 is 5.56 Å². The van der Waals surface area contributed by atoms with Gasteiger partial charge in [-0.1, -0.05) is 18.2 Å². The molecule has 6 heteroatoms. The number of ether oxygens (including phenoxy) is 1. The van der Waals surface area contributed by atoms with Gasteiger partial charge in [0.1, 0.15) is 11.6 Å². The molecule has 0 radical (unpaired) electrons. The highest BCUT2D eigenvalue weighted by Gasteiger charge is 2.22. The molecule has 0 bridgehead atoms. The third-order valence-corrected chi connectivity index (χ3v) is 5.97. The molecule has 150 valence electrons. The van der Waals surface area contributed by atoms with Gasteiger partial charge in [0, 0.05) is 39.2 Å². The Kier molecular flexibility index (Phi) is 4.89. The van der Waals surface area contributed by atoms with Crippen molar-refractivity contribution in [2.24, 2.45) is 0 Å². The Labute approximate surface area is 168 Å². The van der Waals surface area contributed by atoms with Gasteiger partial charge in [0.2, 0.25) is 0 Å². The van der Waals surface area contributed by atoms with Crippen LogP contribution >= 0.6 is 0 Å². The van der Waals surface area contributed by atoms with Gasteiger partial charge in [-0.3, -0.25) is 14.3 Å². The number of benzene rings is 2. The van der Waals surface area contributed by atoms with E-state index in [0.29, 0.717) is 23.6 Å². The van der Waals surface area contributed by atoms with Crippen LogP contribution in [0.3, 0.4) is 0 Å². The third kappa shape index (κ3) is 3.70. The molecule has 2 aliphatic rings. The lowest BCUT2D eigenvalue weighted by Crippen LogP contribution is -2.35. The van der Waals surface area contributed by atoms with Crippen LogP contribution in [-0.4, -0.2) is 46.8 Å². The second kappa shape index (κ2) is 7.69. The lowest BCUT2D eigenvalue weighted by molar-refractivity contribution is 0.0738. The lowest BCUT2D eigenvalue weighted by Gasteiger charge is -2.22. The zero-order valence-electron chi connectivity index (χ0n) is 16.3. The maximum atomic E-state index is 13.6. The smallest absolute Gasteiger partial charge is 0.261 e. The SMILES string of the molecule is O=c1c2ccc(-c3cccc(F)c3)cc2nc2n1CCN(CC1CCCO1)CC2. The van der Waals surface area contributed by atoms with Crippen LogP contribution in [-0.2, 0) is 17.7 Å². The number of rotatable bonds is 3. The van der Waals surface area contributed by atoms with Crippen molar-refractivity contribution >= 4 is 10.9 Å². The minimum Gasteiger partial charge on any atom is -0.377 e. The first-order valence-electron chi connectivity index (χ1n) is 10.3. The van der Waals surface area contributed by atoms with Gasteiger partial charge < -0.3 is 4.74 Å². The summed E-state index contributed by atoms with van der Waals surface area (Å²) in [5, 5.41) is 0.612. The fourth-order valence-electron chi connectivity index (χ4n) is 4.41. The Morgan fingerprint density at radius 2 is 2.00 bits per heavy atom. The summed E-state index contributed by atoms with van der Waals surface area (Å²) in [6.07, 6.45) is 3.31. The summed E-state index contributed by atoms with van der Waals surface area (Å²) in [6, 6.07) is 12.1. The molecule has 0 amide bonds. The highest BCUT2D eigenvalue weighted by Crippen LogP contribution is 2.24. The zero-order valence-corrected chi connectivity index (χ0v) is 16.3. The number of halogens is 1. The van der Waals surface area contributed by atoms with Crippen molar-refractivity contribution in [1.82, 2.24) is 14.5 Å². The molecular formula is C23H24FN3O2. The predicted octanol–water partition coefficient (Wildman–Crippen LogP) is 3.24. The van der Waals surface area contributed by atoms with Gasteiger partial charge in [0.25, 0.3) is 5.56 Å². The zero-order chi connectivity index (χ0) is 19.8. The van der Waals surface area contributed by atoms with E-state index in [0.717, 1.165) is 62.5 Å². The fraction of sp³-hybridized carbons (Fsp3) is 0.391. The molecule has 1 aromatic heterocycles. The minimum atomic E-state index is -0.274. The summed E-state index contributed by atoms with van der Waals surface area (Å²) in [6.45, 7) is 4.14. The van der Waals surface area contributed by atoms with Gasteiger partial charge in [-0.2, -0.15) is 0 Å². The van der Waals surface area contributed by atoms with Gasteiger partial charge in [-0.05, 0) is 48.2 Å². The molecule has 1 unspecified atom stereocenters. The van der Waals surface area contributed by atoms with Gasteiger partial charge in [0.05, 0.1) is 17.0 Å². The molecule has 3 heterocycles. The maximum absolute atomic E-state index is 13.6. The van der Waals surface area contributed by atoms with Crippen molar-refractivity contribution in [3.8, 4) is 11.1 Å². The second-order valence-electron chi connectivity index (χ2n) is 7.91. The number of fused-ring (bicyclic) bond motifs is 2. The fourth-order valence-corrected chi connectivity index (χ4v) is 4.41. The van der Waals surface area contributed by atoms with E-state index in [1.165, 1.54) is 12.1 Å². The van der Waals surface area contributed by atoms with E-state index in [9.17, 15) is 9.18 Å². The summed E-state index contributed by atoms with van der Waals surface area (Å²) >= 11 is 0. The molecule has 0 N–H and O–H groups in total. The van der Waals surface area contributed by atoms with E-state index in [4.69, 9.17) is 9.72 Å². The number of nitrogens with zero attached hydrogens (tertiary/aromatic N) is 3. The van der Waals surface area contributed by atoms with Crippen molar-refractivity contribution in [3.05, 3.63) is 64.5 Å². The summed E-state index contributed by atoms with van der Waals surface area (Å²) in [5.74, 6) is 0.553. The van der Waals surface area contributed by atoms with E-state index in [1.54, 1.807) is 6.07 Å². The van der Waals surface area contributed by atoms with Crippen LogP contribution in [0.4, 0.5) is 4.39 Å². The average Bonchev–Trinajstić information content (AvgIpc) is 3.15. The Morgan fingerprint density at radius 3 is 2.83 bits per heavy atom. The molecule has 1 atom stereocenters. The molecule has 29 heavy (non-hydrogen) atoms. The summed E-state index contributed by atoms with van der Waals surface area (Å²) in [4.78, 5) is 20.3. The highest BCUT2D eigenvalue weighted by molar-refractivity contribution is 5.83. The largest absolute Gasteiger partial charge is 0.377 e. The average molecular weight is 393 g/mol. The van der Waals surface area contributed by atoms with Gasteiger partial charge in [-0.15, -0.1) is 0 Å². The standard InChI is InChI=1S/C23H24FN3O2/c24-18-4-1-3-16(13-18)17-6-7-20-21(14-17)25-22-8-9-26(10-11-27(22)23(20)28)15-19-5-2-12-29-19/h1,3-4,6-7,13-14,19H,2,5,8-12,15H2. The molecule has 2 aromatic carbocycles. The van der Waals surface area contributed by atoms with Crippen molar-refractivity contribution in [1.29, 1.82) is 0 Å².